The van der Waals surface area contributed by atoms with Crippen LogP contribution < -0.4 is 5.32 Å². The van der Waals surface area contributed by atoms with Crippen molar-refractivity contribution in [3.8, 4) is 0 Å². The first-order valence-electron chi connectivity index (χ1n) is 6.41. The van der Waals surface area contributed by atoms with Crippen LogP contribution >= 0.6 is 15.9 Å². The summed E-state index contributed by atoms with van der Waals surface area (Å²) in [5.74, 6) is -0.905. The lowest BCUT2D eigenvalue weighted by atomic mass is 9.74. The Morgan fingerprint density at radius 1 is 1.38 bits per heavy atom. The second kappa shape index (κ2) is 6.11. The number of nitro benzene ring substituents is 1. The molecule has 0 atom stereocenters. The molecule has 0 spiro atoms. The number of nitrogens with one attached hydrogen (secondary N) is 1. The van der Waals surface area contributed by atoms with Crippen molar-refractivity contribution in [2.75, 3.05) is 0 Å². The lowest BCUT2D eigenvalue weighted by Gasteiger charge is -2.39. The van der Waals surface area contributed by atoms with E-state index in [-0.39, 0.29) is 5.69 Å². The Morgan fingerprint density at radius 3 is 2.43 bits per heavy atom. The first-order chi connectivity index (χ1) is 9.50. The molecular formula is C14H19BrN2O4. The highest BCUT2D eigenvalue weighted by Gasteiger charge is 2.43. The summed E-state index contributed by atoms with van der Waals surface area (Å²) in [6.45, 7) is 7.21. The van der Waals surface area contributed by atoms with Crippen LogP contribution in [0, 0.1) is 15.5 Å². The van der Waals surface area contributed by atoms with Crippen molar-refractivity contribution >= 4 is 27.6 Å². The third kappa shape index (κ3) is 3.59. The van der Waals surface area contributed by atoms with Gasteiger partial charge in [-0.25, -0.2) is 0 Å². The minimum absolute atomic E-state index is 0.00963. The summed E-state index contributed by atoms with van der Waals surface area (Å²) in [4.78, 5) is 21.8. The number of rotatable bonds is 6. The van der Waals surface area contributed by atoms with Crippen LogP contribution in [0.4, 0.5) is 5.69 Å². The largest absolute Gasteiger partial charge is 0.481 e. The number of aliphatic carboxylic acids is 1. The lowest BCUT2D eigenvalue weighted by molar-refractivity contribution is -0.385. The molecular weight excluding hydrogens is 340 g/mol. The molecule has 0 bridgehead atoms. The molecule has 0 saturated carbocycles. The second-order valence-electron chi connectivity index (χ2n) is 5.92. The summed E-state index contributed by atoms with van der Waals surface area (Å²) < 4.78 is 0.409. The quantitative estimate of drug-likeness (QED) is 0.600. The molecule has 21 heavy (non-hydrogen) atoms. The fourth-order valence-electron chi connectivity index (χ4n) is 1.65. The fraction of sp³-hybridized carbons (Fsp3) is 0.500. The number of carboxylic acids is 1. The standard InChI is InChI=1S/C14H19BrN2O4/c1-13(2,12(18)19)14(3,4)16-8-9-6-5-7-10(11(9)15)17(20)21/h5-7,16H,8H2,1-4H3,(H,18,19). The summed E-state index contributed by atoms with van der Waals surface area (Å²) in [5, 5.41) is 23.4. The maximum Gasteiger partial charge on any atom is 0.310 e. The van der Waals surface area contributed by atoms with Gasteiger partial charge >= 0.3 is 5.97 Å². The molecule has 0 aliphatic rings. The molecule has 1 rings (SSSR count). The number of nitrogens with zero attached hydrogens (tertiary/aromatic N) is 1. The van der Waals surface area contributed by atoms with Crippen molar-refractivity contribution in [3.63, 3.8) is 0 Å². The SMILES string of the molecule is CC(C)(NCc1cccc([N+](=O)[O-])c1Br)C(C)(C)C(=O)O. The van der Waals surface area contributed by atoms with E-state index in [0.29, 0.717) is 16.6 Å². The highest BCUT2D eigenvalue weighted by molar-refractivity contribution is 9.10. The van der Waals surface area contributed by atoms with Crippen molar-refractivity contribution in [3.05, 3.63) is 38.3 Å². The summed E-state index contributed by atoms with van der Waals surface area (Å²) in [7, 11) is 0. The zero-order valence-electron chi connectivity index (χ0n) is 12.4. The predicted octanol–water partition coefficient (Wildman–Crippen LogP) is 3.34. The molecule has 2 N–H and O–H groups in total. The van der Waals surface area contributed by atoms with Gasteiger partial charge in [0.05, 0.1) is 14.8 Å². The molecule has 0 heterocycles. The number of hydrogen-bond donors (Lipinski definition) is 2. The van der Waals surface area contributed by atoms with Crippen molar-refractivity contribution < 1.29 is 14.8 Å². The van der Waals surface area contributed by atoms with Crippen LogP contribution in [-0.4, -0.2) is 21.5 Å². The zero-order chi connectivity index (χ0) is 16.4. The van der Waals surface area contributed by atoms with Gasteiger partial charge in [-0.05, 0) is 49.2 Å². The van der Waals surface area contributed by atoms with Gasteiger partial charge in [0.25, 0.3) is 5.69 Å². The van der Waals surface area contributed by atoms with Gasteiger partial charge in [0.1, 0.15) is 0 Å². The fourth-order valence-corrected chi connectivity index (χ4v) is 2.20. The molecule has 1 aromatic carbocycles. The Morgan fingerprint density at radius 2 is 1.95 bits per heavy atom. The van der Waals surface area contributed by atoms with Gasteiger partial charge in [-0.3, -0.25) is 14.9 Å². The summed E-state index contributed by atoms with van der Waals surface area (Å²) in [6, 6.07) is 4.78. The Hall–Kier alpha value is -1.47. The maximum atomic E-state index is 11.4. The average Bonchev–Trinajstić information content (AvgIpc) is 2.36. The van der Waals surface area contributed by atoms with Crippen molar-refractivity contribution in [1.82, 2.24) is 5.32 Å². The molecule has 0 aliphatic heterocycles. The molecule has 7 heteroatoms. The van der Waals surface area contributed by atoms with Crippen LogP contribution in [0.2, 0.25) is 0 Å². The van der Waals surface area contributed by atoms with E-state index in [1.165, 1.54) is 6.07 Å². The molecule has 0 saturated heterocycles. The number of nitro groups is 1. The number of carboxylic acid groups (broad SMARTS) is 1. The number of carbonyl (C=O) groups is 1. The summed E-state index contributed by atoms with van der Waals surface area (Å²) in [6.07, 6.45) is 0. The first-order valence-corrected chi connectivity index (χ1v) is 7.20. The second-order valence-corrected chi connectivity index (χ2v) is 6.71. The Labute approximate surface area is 131 Å². The van der Waals surface area contributed by atoms with Gasteiger partial charge in [0, 0.05) is 18.2 Å². The third-order valence-corrected chi connectivity index (χ3v) is 4.99. The molecule has 0 amide bonds. The van der Waals surface area contributed by atoms with Crippen LogP contribution in [0.5, 0.6) is 0 Å². The van der Waals surface area contributed by atoms with Crippen LogP contribution in [-0.2, 0) is 11.3 Å². The van der Waals surface area contributed by atoms with Crippen molar-refractivity contribution in [1.29, 1.82) is 0 Å². The van der Waals surface area contributed by atoms with Gasteiger partial charge in [0.2, 0.25) is 0 Å². The first kappa shape index (κ1) is 17.6. The smallest absolute Gasteiger partial charge is 0.310 e. The molecule has 0 radical (unpaired) electrons. The molecule has 116 valence electrons. The third-order valence-electron chi connectivity index (χ3n) is 4.07. The van der Waals surface area contributed by atoms with E-state index < -0.39 is 21.8 Å². The van der Waals surface area contributed by atoms with E-state index in [2.05, 4.69) is 21.2 Å². The summed E-state index contributed by atoms with van der Waals surface area (Å²) in [5.41, 5.74) is -0.980. The van der Waals surface area contributed by atoms with E-state index in [4.69, 9.17) is 0 Å². The Balaban J connectivity index is 2.97. The summed E-state index contributed by atoms with van der Waals surface area (Å²) >= 11 is 3.23. The zero-order valence-corrected chi connectivity index (χ0v) is 14.0. The minimum Gasteiger partial charge on any atom is -0.481 e. The van der Waals surface area contributed by atoms with Crippen LogP contribution in [0.1, 0.15) is 33.3 Å². The molecule has 0 aliphatic carbocycles. The molecule has 6 nitrogen and oxygen atoms in total. The monoisotopic (exact) mass is 358 g/mol. The average molecular weight is 359 g/mol. The van der Waals surface area contributed by atoms with E-state index in [0.717, 1.165) is 0 Å². The minimum atomic E-state index is -0.986. The van der Waals surface area contributed by atoms with Crippen LogP contribution in [0.3, 0.4) is 0 Å². The number of hydrogen-bond acceptors (Lipinski definition) is 4. The molecule has 0 aromatic heterocycles. The Kier molecular flexibility index (Phi) is 5.11. The lowest BCUT2D eigenvalue weighted by Crippen LogP contribution is -2.54. The molecule has 1 aromatic rings. The van der Waals surface area contributed by atoms with Gasteiger partial charge < -0.3 is 10.4 Å². The predicted molar refractivity (Wildman–Crippen MR) is 83.1 cm³/mol. The van der Waals surface area contributed by atoms with Crippen LogP contribution in [0.15, 0.2) is 22.7 Å². The number of benzene rings is 1. The van der Waals surface area contributed by atoms with E-state index >= 15 is 0 Å². The van der Waals surface area contributed by atoms with Gasteiger partial charge in [-0.15, -0.1) is 0 Å². The highest BCUT2D eigenvalue weighted by atomic mass is 79.9. The molecule has 0 fully saturated rings. The van der Waals surface area contributed by atoms with E-state index in [1.54, 1.807) is 39.8 Å². The highest BCUT2D eigenvalue weighted by Crippen LogP contribution is 2.33. The van der Waals surface area contributed by atoms with Crippen molar-refractivity contribution in [2.45, 2.75) is 39.8 Å². The topological polar surface area (TPSA) is 92.5 Å². The van der Waals surface area contributed by atoms with Crippen molar-refractivity contribution in [2.24, 2.45) is 5.41 Å². The van der Waals surface area contributed by atoms with Gasteiger partial charge in [0.15, 0.2) is 0 Å². The van der Waals surface area contributed by atoms with E-state index in [9.17, 15) is 20.0 Å². The normalized spacial score (nSPS) is 12.2. The maximum absolute atomic E-state index is 11.4. The van der Waals surface area contributed by atoms with Gasteiger partial charge in [-0.2, -0.15) is 0 Å². The Bertz CT molecular complexity index is 570. The van der Waals surface area contributed by atoms with Gasteiger partial charge in [-0.1, -0.05) is 12.1 Å². The van der Waals surface area contributed by atoms with Crippen LogP contribution in [0.25, 0.3) is 0 Å². The molecule has 0 unspecified atom stereocenters. The van der Waals surface area contributed by atoms with E-state index in [1.807, 2.05) is 0 Å². The number of halogens is 1.